The number of nitrogen functional groups attached to an aromatic ring is 1. The number of rotatable bonds is 14. The fourth-order valence-electron chi connectivity index (χ4n) is 4.70. The first-order valence-corrected chi connectivity index (χ1v) is 14.1. The molecule has 222 valence electrons. The van der Waals surface area contributed by atoms with Gasteiger partial charge >= 0.3 is 17.7 Å². The Labute approximate surface area is 239 Å². The van der Waals surface area contributed by atoms with E-state index in [1.54, 1.807) is 0 Å². The largest absolute Gasteiger partial charge is 0.469 e. The van der Waals surface area contributed by atoms with E-state index in [-0.39, 0.29) is 35.8 Å². The molecule has 0 bridgehead atoms. The number of nitrogens with one attached hydrogen (secondary N) is 2. The van der Waals surface area contributed by atoms with Gasteiger partial charge in [0.15, 0.2) is 11.5 Å². The Bertz CT molecular complexity index is 1360. The number of aromatic nitrogens is 4. The Morgan fingerprint density at radius 2 is 1.83 bits per heavy atom. The number of imidazole rings is 1. The number of nitrogens with zero attached hydrogens (tertiary/aromatic N) is 5. The second-order valence-corrected chi connectivity index (χ2v) is 10.1. The number of benzene rings is 1. The van der Waals surface area contributed by atoms with Gasteiger partial charge in [0.05, 0.1) is 26.7 Å². The first kappa shape index (κ1) is 30.0. The van der Waals surface area contributed by atoms with Crippen molar-refractivity contribution >= 4 is 28.9 Å². The minimum absolute atomic E-state index is 0.0231. The van der Waals surface area contributed by atoms with Crippen molar-refractivity contribution in [3.8, 4) is 6.01 Å². The summed E-state index contributed by atoms with van der Waals surface area (Å²) in [5.74, 6) is -0.124. The highest BCUT2D eigenvalue weighted by Crippen LogP contribution is 2.18. The fraction of sp³-hybridized carbons (Fsp3) is 0.536. The summed E-state index contributed by atoms with van der Waals surface area (Å²) in [5.41, 5.74) is 8.29. The molecule has 3 heterocycles. The summed E-state index contributed by atoms with van der Waals surface area (Å²) in [6.07, 6.45) is 2.54. The molecule has 0 saturated carbocycles. The zero-order valence-electron chi connectivity index (χ0n) is 23.9. The zero-order valence-corrected chi connectivity index (χ0v) is 23.9. The summed E-state index contributed by atoms with van der Waals surface area (Å²) in [6, 6.07) is 7.74. The topological polar surface area (TPSA) is 161 Å². The minimum atomic E-state index is -0.341. The molecule has 13 heteroatoms. The van der Waals surface area contributed by atoms with Gasteiger partial charge in [-0.05, 0) is 24.0 Å². The molecule has 0 radical (unpaired) electrons. The van der Waals surface area contributed by atoms with Gasteiger partial charge in [0.1, 0.15) is 5.52 Å². The number of fused-ring (bicyclic) bond motifs is 1. The number of carbonyl (C=O) groups is 2. The quantitative estimate of drug-likeness (QED) is 0.188. The highest BCUT2D eigenvalue weighted by Gasteiger charge is 2.20. The van der Waals surface area contributed by atoms with Gasteiger partial charge in [0.25, 0.3) is 0 Å². The van der Waals surface area contributed by atoms with Gasteiger partial charge in [0, 0.05) is 45.8 Å². The number of nitrogens with two attached hydrogens (primary N) is 1. The third-order valence-electron chi connectivity index (χ3n) is 7.06. The standard InChI is InChI=1S/C28H40N8O5/c1-3-4-16-41-27-32-25(29)24-26(33-27)36(28(39)31-24)13-5-12-35(22(37)19-34-14-10-30-11-15-34)18-21-8-6-20(7-9-21)17-23(38)40-2/h6-9,30H,3-5,10-19H2,1-2H3,(H,31,39)(H2,29,32,33). The molecule has 1 saturated heterocycles. The molecule has 1 amide bonds. The predicted molar refractivity (Wildman–Crippen MR) is 154 cm³/mol. The first-order chi connectivity index (χ1) is 19.9. The minimum Gasteiger partial charge on any atom is -0.469 e. The van der Waals surface area contributed by atoms with E-state index in [4.69, 9.17) is 15.2 Å². The van der Waals surface area contributed by atoms with E-state index < -0.39 is 0 Å². The number of methoxy groups -OCH3 is 1. The van der Waals surface area contributed by atoms with E-state index in [0.717, 1.165) is 50.1 Å². The number of hydrogen-bond donors (Lipinski definition) is 3. The average Bonchev–Trinajstić information content (AvgIpc) is 3.29. The number of esters is 1. The molecule has 1 aliphatic rings. The summed E-state index contributed by atoms with van der Waals surface area (Å²) in [5, 5.41) is 3.31. The fourth-order valence-corrected chi connectivity index (χ4v) is 4.70. The summed E-state index contributed by atoms with van der Waals surface area (Å²) >= 11 is 0. The van der Waals surface area contributed by atoms with Gasteiger partial charge in [-0.1, -0.05) is 37.6 Å². The molecule has 0 spiro atoms. The van der Waals surface area contributed by atoms with E-state index in [1.807, 2.05) is 29.2 Å². The summed E-state index contributed by atoms with van der Waals surface area (Å²) in [4.78, 5) is 53.1. The Balaban J connectivity index is 1.46. The molecule has 3 aromatic rings. The van der Waals surface area contributed by atoms with E-state index in [0.29, 0.717) is 50.4 Å². The number of piperazine rings is 1. The lowest BCUT2D eigenvalue weighted by Crippen LogP contribution is -2.48. The summed E-state index contributed by atoms with van der Waals surface area (Å²) in [6.45, 7) is 7.38. The molecule has 4 N–H and O–H groups in total. The van der Waals surface area contributed by atoms with Crippen LogP contribution in [-0.4, -0.2) is 94.2 Å². The number of aromatic amines is 1. The van der Waals surface area contributed by atoms with Gasteiger partial charge in [0.2, 0.25) is 5.91 Å². The first-order valence-electron chi connectivity index (χ1n) is 14.1. The van der Waals surface area contributed by atoms with Crippen molar-refractivity contribution in [2.45, 2.75) is 45.7 Å². The predicted octanol–water partition coefficient (Wildman–Crippen LogP) is 0.920. The normalized spacial score (nSPS) is 13.8. The van der Waals surface area contributed by atoms with E-state index in [1.165, 1.54) is 11.7 Å². The number of ether oxygens (including phenoxy) is 2. The van der Waals surface area contributed by atoms with Crippen LogP contribution in [0, 0.1) is 0 Å². The Hall–Kier alpha value is -3.97. The third-order valence-corrected chi connectivity index (χ3v) is 7.06. The number of amides is 1. The highest BCUT2D eigenvalue weighted by atomic mass is 16.5. The Kier molecular flexibility index (Phi) is 10.7. The SMILES string of the molecule is CCCCOc1nc(N)c2[nH]c(=O)n(CCCN(Cc3ccc(CC(=O)OC)cc3)C(=O)CN3CCNCC3)c2n1. The van der Waals surface area contributed by atoms with Crippen molar-refractivity contribution in [2.24, 2.45) is 0 Å². The van der Waals surface area contributed by atoms with Crippen LogP contribution in [0.4, 0.5) is 5.82 Å². The second-order valence-electron chi connectivity index (χ2n) is 10.1. The van der Waals surface area contributed by atoms with Crippen molar-refractivity contribution in [3.63, 3.8) is 0 Å². The lowest BCUT2D eigenvalue weighted by atomic mass is 10.1. The number of carbonyl (C=O) groups excluding carboxylic acids is 2. The molecule has 0 atom stereocenters. The maximum absolute atomic E-state index is 13.4. The molecule has 4 rings (SSSR count). The molecule has 0 unspecified atom stereocenters. The maximum atomic E-state index is 13.4. The lowest BCUT2D eigenvalue weighted by Gasteiger charge is -2.30. The molecule has 41 heavy (non-hydrogen) atoms. The maximum Gasteiger partial charge on any atom is 0.327 e. The number of hydrogen-bond acceptors (Lipinski definition) is 10. The Morgan fingerprint density at radius 1 is 1.10 bits per heavy atom. The van der Waals surface area contributed by atoms with Crippen LogP contribution in [0.5, 0.6) is 6.01 Å². The van der Waals surface area contributed by atoms with Gasteiger partial charge in [-0.2, -0.15) is 9.97 Å². The highest BCUT2D eigenvalue weighted by molar-refractivity contribution is 5.82. The number of unbranched alkanes of at least 4 members (excludes halogenated alkanes) is 1. The molecular formula is C28H40N8O5. The molecule has 1 aliphatic heterocycles. The molecule has 2 aromatic heterocycles. The van der Waals surface area contributed by atoms with Crippen LogP contribution < -0.4 is 21.5 Å². The van der Waals surface area contributed by atoms with Gasteiger partial charge in [-0.15, -0.1) is 0 Å². The number of aryl methyl sites for hydroxylation is 1. The van der Waals surface area contributed by atoms with E-state index >= 15 is 0 Å². The van der Waals surface area contributed by atoms with Gasteiger partial charge < -0.3 is 30.4 Å². The van der Waals surface area contributed by atoms with Crippen LogP contribution in [0.1, 0.15) is 37.3 Å². The Morgan fingerprint density at radius 3 is 2.54 bits per heavy atom. The van der Waals surface area contributed by atoms with Crippen LogP contribution in [-0.2, 0) is 33.8 Å². The van der Waals surface area contributed by atoms with Crippen LogP contribution in [0.15, 0.2) is 29.1 Å². The van der Waals surface area contributed by atoms with Gasteiger partial charge in [-0.25, -0.2) is 4.79 Å². The average molecular weight is 569 g/mol. The van der Waals surface area contributed by atoms with Crippen molar-refractivity contribution in [3.05, 3.63) is 45.9 Å². The molecule has 1 fully saturated rings. The lowest BCUT2D eigenvalue weighted by molar-refractivity contribution is -0.139. The van der Waals surface area contributed by atoms with Crippen molar-refractivity contribution < 1.29 is 19.1 Å². The second kappa shape index (κ2) is 14.6. The van der Waals surface area contributed by atoms with Crippen molar-refractivity contribution in [1.29, 1.82) is 0 Å². The third kappa shape index (κ3) is 8.27. The van der Waals surface area contributed by atoms with Crippen LogP contribution in [0.25, 0.3) is 11.2 Å². The van der Waals surface area contributed by atoms with Gasteiger partial charge in [-0.3, -0.25) is 19.1 Å². The van der Waals surface area contributed by atoms with Crippen LogP contribution in [0.2, 0.25) is 0 Å². The van der Waals surface area contributed by atoms with Crippen molar-refractivity contribution in [1.82, 2.24) is 34.6 Å². The smallest absolute Gasteiger partial charge is 0.327 e. The molecule has 13 nitrogen and oxygen atoms in total. The molecule has 0 aliphatic carbocycles. The summed E-state index contributed by atoms with van der Waals surface area (Å²) in [7, 11) is 1.37. The monoisotopic (exact) mass is 568 g/mol. The van der Waals surface area contributed by atoms with E-state index in [2.05, 4.69) is 32.1 Å². The van der Waals surface area contributed by atoms with E-state index in [9.17, 15) is 14.4 Å². The van der Waals surface area contributed by atoms with Crippen molar-refractivity contribution in [2.75, 3.05) is 58.7 Å². The number of H-pyrrole nitrogens is 1. The van der Waals surface area contributed by atoms with Crippen LogP contribution in [0.3, 0.4) is 0 Å². The van der Waals surface area contributed by atoms with Crippen LogP contribution >= 0.6 is 0 Å². The molecule has 1 aromatic carbocycles. The number of anilines is 1. The summed E-state index contributed by atoms with van der Waals surface area (Å²) < 4.78 is 11.9. The molecular weight excluding hydrogens is 528 g/mol. The zero-order chi connectivity index (χ0) is 29.2.